The summed E-state index contributed by atoms with van der Waals surface area (Å²) in [5.41, 5.74) is 0. The number of carbonyl (C=O) groups is 1. The third-order valence-electron chi connectivity index (χ3n) is 0.708. The number of phosphoric ester groups is 1. The average molecular weight is 182 g/mol. The molecule has 0 aliphatic carbocycles. The van der Waals surface area contributed by atoms with Gasteiger partial charge in [-0.3, -0.25) is 4.52 Å². The van der Waals surface area contributed by atoms with E-state index in [0.29, 0.717) is 0 Å². The lowest BCUT2D eigenvalue weighted by molar-refractivity contribution is -0.143. The van der Waals surface area contributed by atoms with Crippen LogP contribution in [0.2, 0.25) is 0 Å². The Balaban J connectivity index is 4.21. The maximum atomic E-state index is 10.1. The number of aliphatic carboxylic acids is 1. The van der Waals surface area contributed by atoms with Gasteiger partial charge in [-0.25, -0.2) is 9.36 Å². The summed E-state index contributed by atoms with van der Waals surface area (Å²) in [6.45, 7) is 3.02. The molecule has 0 amide bonds. The summed E-state index contributed by atoms with van der Waals surface area (Å²) >= 11 is 0. The average Bonchev–Trinajstić information content (AvgIpc) is 1.80. The molecule has 0 heterocycles. The maximum absolute atomic E-state index is 10.1. The van der Waals surface area contributed by atoms with Gasteiger partial charge in [-0.2, -0.15) is 0 Å². The monoisotopic (exact) mass is 182 g/mol. The Morgan fingerprint density at radius 1 is 1.64 bits per heavy atom. The van der Waals surface area contributed by atoms with Crippen LogP contribution >= 0.6 is 7.82 Å². The Morgan fingerprint density at radius 3 is 2.18 bits per heavy atom. The van der Waals surface area contributed by atoms with E-state index >= 15 is 0 Å². The van der Waals surface area contributed by atoms with Crippen molar-refractivity contribution >= 4 is 13.8 Å². The molecule has 0 fully saturated rings. The molecular formula is C4H7O6P. The van der Waals surface area contributed by atoms with Crippen molar-refractivity contribution in [3.05, 3.63) is 12.7 Å². The van der Waals surface area contributed by atoms with Crippen molar-refractivity contribution in [2.75, 3.05) is 0 Å². The predicted octanol–water partition coefficient (Wildman–Crippen LogP) is -0.265. The minimum atomic E-state index is -4.74. The zero-order valence-electron chi connectivity index (χ0n) is 5.38. The van der Waals surface area contributed by atoms with Crippen LogP contribution in [0, 0.1) is 0 Å². The van der Waals surface area contributed by atoms with Crippen LogP contribution in [-0.4, -0.2) is 27.0 Å². The van der Waals surface area contributed by atoms with E-state index in [1.165, 1.54) is 0 Å². The van der Waals surface area contributed by atoms with Crippen LogP contribution in [0.3, 0.4) is 0 Å². The Kier molecular flexibility index (Phi) is 3.41. The van der Waals surface area contributed by atoms with Gasteiger partial charge in [0.25, 0.3) is 0 Å². The highest BCUT2D eigenvalue weighted by atomic mass is 31.2. The quantitative estimate of drug-likeness (QED) is 0.408. The van der Waals surface area contributed by atoms with Crippen LogP contribution < -0.4 is 0 Å². The SMILES string of the molecule is C=CC(OP(=O)(O)O)C(=O)O. The molecule has 64 valence electrons. The summed E-state index contributed by atoms with van der Waals surface area (Å²) in [6, 6.07) is 0. The largest absolute Gasteiger partial charge is 0.479 e. The molecule has 0 bridgehead atoms. The molecular weight excluding hydrogens is 175 g/mol. The second kappa shape index (κ2) is 3.64. The fourth-order valence-electron chi connectivity index (χ4n) is 0.337. The first-order chi connectivity index (χ1) is 4.87. The zero-order valence-corrected chi connectivity index (χ0v) is 6.27. The standard InChI is InChI=1S/C4H7O6P/c1-2-3(4(5)6)10-11(7,8)9/h2-3H,1H2,(H,5,6)(H2,7,8,9). The molecule has 0 radical (unpaired) electrons. The highest BCUT2D eigenvalue weighted by Crippen LogP contribution is 2.37. The molecule has 0 aliphatic heterocycles. The van der Waals surface area contributed by atoms with Crippen LogP contribution in [0.5, 0.6) is 0 Å². The molecule has 0 spiro atoms. The molecule has 6 nitrogen and oxygen atoms in total. The van der Waals surface area contributed by atoms with Gasteiger partial charge in [0.15, 0.2) is 6.10 Å². The summed E-state index contributed by atoms with van der Waals surface area (Å²) in [7, 11) is -4.74. The first-order valence-electron chi connectivity index (χ1n) is 2.46. The minimum Gasteiger partial charge on any atom is -0.479 e. The Labute approximate surface area is 62.4 Å². The van der Waals surface area contributed by atoms with Crippen molar-refractivity contribution < 1.29 is 28.8 Å². The van der Waals surface area contributed by atoms with E-state index in [0.717, 1.165) is 6.08 Å². The van der Waals surface area contributed by atoms with Crippen molar-refractivity contribution in [2.45, 2.75) is 6.10 Å². The van der Waals surface area contributed by atoms with Gasteiger partial charge in [-0.05, 0) is 0 Å². The van der Waals surface area contributed by atoms with E-state index in [1.807, 2.05) is 0 Å². The first kappa shape index (κ1) is 10.3. The molecule has 0 aliphatic rings. The number of rotatable bonds is 4. The van der Waals surface area contributed by atoms with Gasteiger partial charge in [0.2, 0.25) is 0 Å². The second-order valence-electron chi connectivity index (χ2n) is 1.59. The molecule has 7 heteroatoms. The van der Waals surface area contributed by atoms with Gasteiger partial charge in [0.05, 0.1) is 0 Å². The highest BCUT2D eigenvalue weighted by molar-refractivity contribution is 7.46. The predicted molar refractivity (Wildman–Crippen MR) is 34.7 cm³/mol. The Bertz CT molecular complexity index is 205. The molecule has 0 rings (SSSR count). The fraction of sp³-hybridized carbons (Fsp3) is 0.250. The smallest absolute Gasteiger partial charge is 0.470 e. The van der Waals surface area contributed by atoms with E-state index < -0.39 is 19.9 Å². The Hall–Kier alpha value is -0.680. The molecule has 1 atom stereocenters. The van der Waals surface area contributed by atoms with Crippen LogP contribution in [-0.2, 0) is 13.9 Å². The lowest BCUT2D eigenvalue weighted by Crippen LogP contribution is -2.19. The van der Waals surface area contributed by atoms with E-state index in [4.69, 9.17) is 14.9 Å². The molecule has 0 aromatic carbocycles. The molecule has 0 saturated carbocycles. The van der Waals surface area contributed by atoms with Crippen molar-refractivity contribution in [1.29, 1.82) is 0 Å². The van der Waals surface area contributed by atoms with Crippen LogP contribution in [0.15, 0.2) is 12.7 Å². The van der Waals surface area contributed by atoms with Gasteiger partial charge in [0, 0.05) is 0 Å². The molecule has 0 aromatic heterocycles. The lowest BCUT2D eigenvalue weighted by atomic mass is 10.4. The van der Waals surface area contributed by atoms with Crippen LogP contribution in [0.4, 0.5) is 0 Å². The number of hydrogen-bond acceptors (Lipinski definition) is 3. The summed E-state index contributed by atoms with van der Waals surface area (Å²) in [4.78, 5) is 26.4. The summed E-state index contributed by atoms with van der Waals surface area (Å²) in [6.07, 6.45) is -0.891. The third-order valence-corrected chi connectivity index (χ3v) is 1.21. The van der Waals surface area contributed by atoms with E-state index in [9.17, 15) is 9.36 Å². The molecule has 0 saturated heterocycles. The molecule has 0 aromatic rings. The number of hydrogen-bond donors (Lipinski definition) is 3. The van der Waals surface area contributed by atoms with Gasteiger partial charge in [-0.15, -0.1) is 0 Å². The van der Waals surface area contributed by atoms with E-state index in [1.54, 1.807) is 0 Å². The fourth-order valence-corrected chi connectivity index (χ4v) is 0.809. The summed E-state index contributed by atoms with van der Waals surface area (Å²) < 4.78 is 13.9. The van der Waals surface area contributed by atoms with Gasteiger partial charge < -0.3 is 14.9 Å². The zero-order chi connectivity index (χ0) is 9.07. The van der Waals surface area contributed by atoms with Crippen molar-refractivity contribution in [1.82, 2.24) is 0 Å². The maximum Gasteiger partial charge on any atom is 0.470 e. The first-order valence-corrected chi connectivity index (χ1v) is 3.99. The molecule has 11 heavy (non-hydrogen) atoms. The highest BCUT2D eigenvalue weighted by Gasteiger charge is 2.24. The van der Waals surface area contributed by atoms with Crippen molar-refractivity contribution in [3.63, 3.8) is 0 Å². The van der Waals surface area contributed by atoms with Crippen molar-refractivity contribution in [3.8, 4) is 0 Å². The molecule has 3 N–H and O–H groups in total. The number of carboxylic acid groups (broad SMARTS) is 1. The third kappa shape index (κ3) is 4.69. The summed E-state index contributed by atoms with van der Waals surface area (Å²) in [5, 5.41) is 8.20. The lowest BCUT2D eigenvalue weighted by Gasteiger charge is -2.08. The number of carboxylic acids is 1. The van der Waals surface area contributed by atoms with Gasteiger partial charge in [0.1, 0.15) is 0 Å². The van der Waals surface area contributed by atoms with Gasteiger partial charge in [-0.1, -0.05) is 12.7 Å². The van der Waals surface area contributed by atoms with Crippen LogP contribution in [0.25, 0.3) is 0 Å². The van der Waals surface area contributed by atoms with E-state index in [2.05, 4.69) is 11.1 Å². The summed E-state index contributed by atoms with van der Waals surface area (Å²) in [5.74, 6) is -1.50. The van der Waals surface area contributed by atoms with E-state index in [-0.39, 0.29) is 0 Å². The Morgan fingerprint density at radius 2 is 2.09 bits per heavy atom. The van der Waals surface area contributed by atoms with Gasteiger partial charge >= 0.3 is 13.8 Å². The second-order valence-corrected chi connectivity index (χ2v) is 2.78. The number of phosphoric acid groups is 1. The van der Waals surface area contributed by atoms with Crippen molar-refractivity contribution in [2.24, 2.45) is 0 Å². The van der Waals surface area contributed by atoms with Crippen LogP contribution in [0.1, 0.15) is 0 Å². The normalized spacial score (nSPS) is 14.0. The minimum absolute atomic E-state index is 0.779. The molecule has 1 unspecified atom stereocenters. The topological polar surface area (TPSA) is 104 Å².